The second-order valence-electron chi connectivity index (χ2n) is 3.62. The zero-order valence-electron chi connectivity index (χ0n) is 9.95. The maximum Gasteiger partial charge on any atom is 0.145 e. The number of aromatic nitrogens is 3. The monoisotopic (exact) mass is 262 g/mol. The van der Waals surface area contributed by atoms with Crippen molar-refractivity contribution in [2.45, 2.75) is 11.1 Å². The Morgan fingerprint density at radius 2 is 2.06 bits per heavy atom. The third-order valence-corrected chi connectivity index (χ3v) is 3.00. The average molecular weight is 262 g/mol. The minimum Gasteiger partial charge on any atom is -0.387 e. The number of hydrogen-bond donors (Lipinski definition) is 2. The molecule has 0 aliphatic heterocycles. The molecule has 2 heterocycles. The van der Waals surface area contributed by atoms with E-state index >= 15 is 0 Å². The van der Waals surface area contributed by atoms with Gasteiger partial charge in [-0.2, -0.15) is 0 Å². The van der Waals surface area contributed by atoms with Crippen LogP contribution in [-0.4, -0.2) is 32.9 Å². The summed E-state index contributed by atoms with van der Waals surface area (Å²) in [5.41, 5.74) is 0.825. The Morgan fingerprint density at radius 1 is 1.28 bits per heavy atom. The lowest BCUT2D eigenvalue weighted by atomic mass is 10.1. The van der Waals surface area contributed by atoms with Crippen LogP contribution in [0.25, 0.3) is 0 Å². The lowest BCUT2D eigenvalue weighted by molar-refractivity contribution is 0.191. The van der Waals surface area contributed by atoms with Gasteiger partial charge in [-0.15, -0.1) is 11.8 Å². The van der Waals surface area contributed by atoms with Gasteiger partial charge in [0.05, 0.1) is 18.5 Å². The Kier molecular flexibility index (Phi) is 4.49. The predicted molar refractivity (Wildman–Crippen MR) is 71.5 cm³/mol. The maximum atomic E-state index is 9.96. The van der Waals surface area contributed by atoms with Crippen molar-refractivity contribution in [1.82, 2.24) is 15.0 Å². The van der Waals surface area contributed by atoms with Crippen LogP contribution in [0.4, 0.5) is 5.82 Å². The van der Waals surface area contributed by atoms with Gasteiger partial charge in [-0.05, 0) is 24.0 Å². The van der Waals surface area contributed by atoms with Crippen molar-refractivity contribution in [3.05, 3.63) is 42.5 Å². The number of aliphatic hydroxyl groups is 1. The van der Waals surface area contributed by atoms with Crippen LogP contribution in [-0.2, 0) is 0 Å². The molecule has 0 radical (unpaired) electrons. The lowest BCUT2D eigenvalue weighted by Crippen LogP contribution is -2.13. The Labute approximate surface area is 110 Å². The van der Waals surface area contributed by atoms with Gasteiger partial charge >= 0.3 is 0 Å². The Hall–Kier alpha value is -1.66. The van der Waals surface area contributed by atoms with Crippen LogP contribution in [0.3, 0.4) is 0 Å². The Morgan fingerprint density at radius 3 is 2.78 bits per heavy atom. The Balaban J connectivity index is 1.95. The second-order valence-corrected chi connectivity index (χ2v) is 4.45. The van der Waals surface area contributed by atoms with Crippen molar-refractivity contribution < 1.29 is 5.11 Å². The molecule has 0 spiro atoms. The van der Waals surface area contributed by atoms with Crippen LogP contribution in [0.1, 0.15) is 11.7 Å². The van der Waals surface area contributed by atoms with Crippen molar-refractivity contribution in [1.29, 1.82) is 0 Å². The summed E-state index contributed by atoms with van der Waals surface area (Å²) < 4.78 is 0. The van der Waals surface area contributed by atoms with Crippen LogP contribution >= 0.6 is 11.8 Å². The van der Waals surface area contributed by atoms with Crippen LogP contribution in [0.5, 0.6) is 0 Å². The average Bonchev–Trinajstić information content (AvgIpc) is 2.46. The van der Waals surface area contributed by atoms with Gasteiger partial charge in [0, 0.05) is 18.9 Å². The molecule has 0 bridgehead atoms. The number of rotatable bonds is 5. The van der Waals surface area contributed by atoms with Gasteiger partial charge in [-0.25, -0.2) is 4.98 Å². The van der Waals surface area contributed by atoms with E-state index < -0.39 is 6.10 Å². The standard InChI is InChI=1S/C12H14N4OS/c1-18-12-8-14-7-11(16-12)15-6-10(17)9-2-4-13-5-3-9/h2-5,7-8,10,17H,6H2,1H3,(H,15,16). The van der Waals surface area contributed by atoms with E-state index in [4.69, 9.17) is 0 Å². The first-order valence-electron chi connectivity index (χ1n) is 5.47. The van der Waals surface area contributed by atoms with Gasteiger partial charge in [0.1, 0.15) is 10.8 Å². The second kappa shape index (κ2) is 6.32. The van der Waals surface area contributed by atoms with E-state index in [1.165, 1.54) is 11.8 Å². The van der Waals surface area contributed by atoms with Crippen molar-refractivity contribution in [2.24, 2.45) is 0 Å². The molecule has 1 atom stereocenters. The third-order valence-electron chi connectivity index (χ3n) is 2.39. The highest BCUT2D eigenvalue weighted by molar-refractivity contribution is 7.98. The van der Waals surface area contributed by atoms with E-state index in [2.05, 4.69) is 20.3 Å². The summed E-state index contributed by atoms with van der Waals surface area (Å²) in [4.78, 5) is 12.3. The highest BCUT2D eigenvalue weighted by Gasteiger charge is 2.07. The van der Waals surface area contributed by atoms with Gasteiger partial charge in [0.25, 0.3) is 0 Å². The van der Waals surface area contributed by atoms with Crippen molar-refractivity contribution in [3.63, 3.8) is 0 Å². The highest BCUT2D eigenvalue weighted by atomic mass is 32.2. The third kappa shape index (κ3) is 3.41. The molecule has 0 saturated heterocycles. The first-order valence-corrected chi connectivity index (χ1v) is 6.70. The van der Waals surface area contributed by atoms with Crippen molar-refractivity contribution >= 4 is 17.6 Å². The molecule has 0 aliphatic rings. The molecule has 0 aliphatic carbocycles. The van der Waals surface area contributed by atoms with E-state index in [1.54, 1.807) is 36.9 Å². The molecule has 94 valence electrons. The molecule has 6 heteroatoms. The number of hydrogen-bond acceptors (Lipinski definition) is 6. The number of aliphatic hydroxyl groups excluding tert-OH is 1. The van der Waals surface area contributed by atoms with E-state index in [-0.39, 0.29) is 0 Å². The molecule has 0 aromatic carbocycles. The normalized spacial score (nSPS) is 12.1. The summed E-state index contributed by atoms with van der Waals surface area (Å²) in [6.07, 6.45) is 8.01. The van der Waals surface area contributed by atoms with Gasteiger partial charge in [-0.1, -0.05) is 0 Å². The van der Waals surface area contributed by atoms with Crippen LogP contribution in [0.2, 0.25) is 0 Å². The van der Waals surface area contributed by atoms with Crippen LogP contribution in [0.15, 0.2) is 41.9 Å². The lowest BCUT2D eigenvalue weighted by Gasteiger charge is -2.12. The van der Waals surface area contributed by atoms with E-state index in [0.717, 1.165) is 10.6 Å². The fourth-order valence-electron chi connectivity index (χ4n) is 1.44. The summed E-state index contributed by atoms with van der Waals surface area (Å²) in [7, 11) is 0. The maximum absolute atomic E-state index is 9.96. The van der Waals surface area contributed by atoms with Crippen molar-refractivity contribution in [2.75, 3.05) is 18.1 Å². The SMILES string of the molecule is CSc1cncc(NCC(O)c2ccncc2)n1. The molecule has 2 aromatic rings. The highest BCUT2D eigenvalue weighted by Crippen LogP contribution is 2.14. The molecule has 0 amide bonds. The van der Waals surface area contributed by atoms with E-state index in [1.807, 2.05) is 6.26 Å². The summed E-state index contributed by atoms with van der Waals surface area (Å²) >= 11 is 1.53. The molecule has 0 fully saturated rings. The number of nitrogens with zero attached hydrogens (tertiary/aromatic N) is 3. The number of nitrogens with one attached hydrogen (secondary N) is 1. The molecule has 2 N–H and O–H groups in total. The van der Waals surface area contributed by atoms with Gasteiger partial charge < -0.3 is 10.4 Å². The zero-order chi connectivity index (χ0) is 12.8. The minimum absolute atomic E-state index is 0.385. The molecule has 1 unspecified atom stereocenters. The van der Waals surface area contributed by atoms with E-state index in [0.29, 0.717) is 12.4 Å². The zero-order valence-corrected chi connectivity index (χ0v) is 10.8. The summed E-state index contributed by atoms with van der Waals surface area (Å²) in [5, 5.41) is 13.9. The number of anilines is 1. The molecule has 5 nitrogen and oxygen atoms in total. The van der Waals surface area contributed by atoms with Crippen LogP contribution in [0, 0.1) is 0 Å². The summed E-state index contributed by atoms with van der Waals surface area (Å²) in [6, 6.07) is 3.58. The minimum atomic E-state index is -0.590. The fourth-order valence-corrected chi connectivity index (χ4v) is 1.79. The predicted octanol–water partition coefficient (Wildman–Crippen LogP) is 1.74. The number of pyridine rings is 1. The molecule has 18 heavy (non-hydrogen) atoms. The first-order chi connectivity index (χ1) is 8.79. The molecule has 2 aromatic heterocycles. The largest absolute Gasteiger partial charge is 0.387 e. The molecular formula is C12H14N4OS. The first kappa shape index (κ1) is 12.8. The number of thioether (sulfide) groups is 1. The summed E-state index contributed by atoms with van der Waals surface area (Å²) in [5.74, 6) is 0.662. The van der Waals surface area contributed by atoms with Crippen LogP contribution < -0.4 is 5.32 Å². The van der Waals surface area contributed by atoms with Crippen molar-refractivity contribution in [3.8, 4) is 0 Å². The molecule has 0 saturated carbocycles. The van der Waals surface area contributed by atoms with Gasteiger partial charge in [0.15, 0.2) is 0 Å². The quantitative estimate of drug-likeness (QED) is 0.800. The Bertz CT molecular complexity index is 494. The van der Waals surface area contributed by atoms with Gasteiger partial charge in [0.2, 0.25) is 0 Å². The fraction of sp³-hybridized carbons (Fsp3) is 0.250. The smallest absolute Gasteiger partial charge is 0.145 e. The van der Waals surface area contributed by atoms with E-state index in [9.17, 15) is 5.11 Å². The molecular weight excluding hydrogens is 248 g/mol. The summed E-state index contributed by atoms with van der Waals surface area (Å²) in [6.45, 7) is 0.385. The molecule has 2 rings (SSSR count). The van der Waals surface area contributed by atoms with Gasteiger partial charge in [-0.3, -0.25) is 9.97 Å². The topological polar surface area (TPSA) is 70.9 Å².